The molecule has 164 valence electrons. The lowest BCUT2D eigenvalue weighted by Crippen LogP contribution is -2.48. The standard InChI is InChI=1S/C25H36FN3O/c1-5-6-9-14-29-21(18-10-7-8-11-19(18)26)16-20(28-29)23(30)27-22-15-17-12-13-25(22,4)24(17,2)3/h7-8,10-11,17,21-22H,5-6,9,12-16H2,1-4H3,(H,27,30)/t17-,21?,22+,25+/m1/s1. The van der Waals surface area contributed by atoms with Crippen LogP contribution in [0.2, 0.25) is 0 Å². The van der Waals surface area contributed by atoms with Gasteiger partial charge in [-0.25, -0.2) is 4.39 Å². The molecule has 30 heavy (non-hydrogen) atoms. The molecule has 5 heteroatoms. The Bertz CT molecular complexity index is 835. The highest BCUT2D eigenvalue weighted by molar-refractivity contribution is 6.39. The van der Waals surface area contributed by atoms with Gasteiger partial charge in [-0.05, 0) is 48.5 Å². The molecule has 3 aliphatic rings. The van der Waals surface area contributed by atoms with Crippen molar-refractivity contribution in [2.24, 2.45) is 21.8 Å². The number of carbonyl (C=O) groups excluding carboxylic acids is 1. The number of hydrogen-bond acceptors (Lipinski definition) is 3. The normalized spacial score (nSPS) is 31.8. The lowest BCUT2D eigenvalue weighted by molar-refractivity contribution is -0.116. The van der Waals surface area contributed by atoms with Crippen LogP contribution in [-0.2, 0) is 4.79 Å². The van der Waals surface area contributed by atoms with E-state index in [1.54, 1.807) is 6.07 Å². The number of rotatable bonds is 7. The first-order valence-corrected chi connectivity index (χ1v) is 11.7. The fourth-order valence-electron chi connectivity index (χ4n) is 6.10. The minimum atomic E-state index is -0.220. The van der Waals surface area contributed by atoms with Crippen molar-refractivity contribution in [2.75, 3.05) is 6.54 Å². The smallest absolute Gasteiger partial charge is 0.267 e. The average Bonchev–Trinajstić information content (AvgIpc) is 3.28. The maximum atomic E-state index is 14.5. The zero-order valence-corrected chi connectivity index (χ0v) is 18.9. The number of benzene rings is 1. The highest BCUT2D eigenvalue weighted by atomic mass is 19.1. The number of halogens is 1. The molecule has 0 spiro atoms. The Morgan fingerprint density at radius 2 is 2.03 bits per heavy atom. The molecular weight excluding hydrogens is 377 g/mol. The van der Waals surface area contributed by atoms with Crippen molar-refractivity contribution in [3.8, 4) is 0 Å². The Hall–Kier alpha value is -1.91. The molecule has 4 nitrogen and oxygen atoms in total. The second-order valence-corrected chi connectivity index (χ2v) is 10.3. The molecule has 1 aliphatic heterocycles. The number of unbranched alkanes of at least 4 members (excludes halogenated alkanes) is 2. The number of nitrogens with zero attached hydrogens (tertiary/aromatic N) is 2. The van der Waals surface area contributed by atoms with Crippen molar-refractivity contribution < 1.29 is 9.18 Å². The number of carbonyl (C=O) groups is 1. The zero-order chi connectivity index (χ0) is 21.5. The molecule has 4 rings (SSSR count). The highest BCUT2D eigenvalue weighted by Crippen LogP contribution is 2.65. The molecular formula is C25H36FN3O. The minimum Gasteiger partial charge on any atom is -0.348 e. The van der Waals surface area contributed by atoms with Gasteiger partial charge in [0.15, 0.2) is 0 Å². The van der Waals surface area contributed by atoms with Crippen molar-refractivity contribution >= 4 is 11.6 Å². The summed E-state index contributed by atoms with van der Waals surface area (Å²) in [7, 11) is 0. The Balaban J connectivity index is 1.50. The van der Waals surface area contributed by atoms with Crippen molar-refractivity contribution in [1.82, 2.24) is 10.3 Å². The predicted octanol–water partition coefficient (Wildman–Crippen LogP) is 5.45. The first-order chi connectivity index (χ1) is 14.3. The third kappa shape index (κ3) is 3.44. The highest BCUT2D eigenvalue weighted by Gasteiger charge is 2.61. The summed E-state index contributed by atoms with van der Waals surface area (Å²) in [6.45, 7) is 9.96. The van der Waals surface area contributed by atoms with E-state index in [9.17, 15) is 9.18 Å². The largest absolute Gasteiger partial charge is 0.348 e. The van der Waals surface area contributed by atoms with E-state index in [-0.39, 0.29) is 34.6 Å². The van der Waals surface area contributed by atoms with Gasteiger partial charge in [-0.2, -0.15) is 5.10 Å². The number of amides is 1. The van der Waals surface area contributed by atoms with Crippen LogP contribution in [0, 0.1) is 22.6 Å². The van der Waals surface area contributed by atoms with E-state index in [1.165, 1.54) is 18.9 Å². The molecule has 2 bridgehead atoms. The number of hydrazone groups is 1. The van der Waals surface area contributed by atoms with Crippen LogP contribution in [0.4, 0.5) is 4.39 Å². The SMILES string of the molecule is CCCCCN1N=C(C(=O)N[C@H]2C[C@H]3CC[C@]2(C)C3(C)C)CC1c1ccccc1F. The second kappa shape index (κ2) is 7.97. The molecule has 1 amide bonds. The quantitative estimate of drug-likeness (QED) is 0.604. The first-order valence-electron chi connectivity index (χ1n) is 11.7. The molecule has 2 saturated carbocycles. The molecule has 4 atom stereocenters. The first kappa shape index (κ1) is 21.3. The summed E-state index contributed by atoms with van der Waals surface area (Å²) >= 11 is 0. The molecule has 0 radical (unpaired) electrons. The van der Waals surface area contributed by atoms with Gasteiger partial charge >= 0.3 is 0 Å². The molecule has 1 aromatic rings. The Kier molecular flexibility index (Phi) is 5.67. The third-order valence-electron chi connectivity index (χ3n) is 8.61. The summed E-state index contributed by atoms with van der Waals surface area (Å²) in [4.78, 5) is 13.2. The molecule has 1 unspecified atom stereocenters. The molecule has 1 aromatic carbocycles. The molecule has 1 heterocycles. The summed E-state index contributed by atoms with van der Waals surface area (Å²) in [5, 5.41) is 9.97. The second-order valence-electron chi connectivity index (χ2n) is 10.3. The third-order valence-corrected chi connectivity index (χ3v) is 8.61. The van der Waals surface area contributed by atoms with Crippen molar-refractivity contribution in [1.29, 1.82) is 0 Å². The van der Waals surface area contributed by atoms with Crippen LogP contribution in [0.5, 0.6) is 0 Å². The van der Waals surface area contributed by atoms with E-state index in [0.717, 1.165) is 32.2 Å². The average molecular weight is 414 g/mol. The van der Waals surface area contributed by atoms with Gasteiger partial charge in [0, 0.05) is 24.6 Å². The summed E-state index contributed by atoms with van der Waals surface area (Å²) in [6.07, 6.45) is 7.17. The Morgan fingerprint density at radius 1 is 1.27 bits per heavy atom. The van der Waals surface area contributed by atoms with Crippen LogP contribution in [-0.4, -0.2) is 29.2 Å². The van der Waals surface area contributed by atoms with Gasteiger partial charge in [-0.1, -0.05) is 58.7 Å². The van der Waals surface area contributed by atoms with E-state index in [1.807, 2.05) is 17.1 Å². The van der Waals surface area contributed by atoms with E-state index >= 15 is 0 Å². The van der Waals surface area contributed by atoms with Gasteiger partial charge in [-0.3, -0.25) is 9.80 Å². The zero-order valence-electron chi connectivity index (χ0n) is 18.9. The van der Waals surface area contributed by atoms with E-state index in [2.05, 4.69) is 33.0 Å². The van der Waals surface area contributed by atoms with Crippen molar-refractivity contribution in [3.05, 3.63) is 35.6 Å². The van der Waals surface area contributed by atoms with Crippen LogP contribution in [0.3, 0.4) is 0 Å². The van der Waals surface area contributed by atoms with Crippen LogP contribution < -0.4 is 5.32 Å². The number of hydrogen-bond donors (Lipinski definition) is 1. The molecule has 1 N–H and O–H groups in total. The molecule has 2 aliphatic carbocycles. The fraction of sp³-hybridized carbons (Fsp3) is 0.680. The van der Waals surface area contributed by atoms with Crippen LogP contribution in [0.1, 0.15) is 84.2 Å². The number of nitrogens with one attached hydrogen (secondary N) is 1. The van der Waals surface area contributed by atoms with Gasteiger partial charge < -0.3 is 5.32 Å². The lowest BCUT2D eigenvalue weighted by Gasteiger charge is -2.39. The summed E-state index contributed by atoms with van der Waals surface area (Å²) in [5.41, 5.74) is 1.57. The maximum absolute atomic E-state index is 14.5. The topological polar surface area (TPSA) is 44.7 Å². The summed E-state index contributed by atoms with van der Waals surface area (Å²) in [5.74, 6) is 0.390. The van der Waals surface area contributed by atoms with Gasteiger partial charge in [-0.15, -0.1) is 0 Å². The van der Waals surface area contributed by atoms with Crippen molar-refractivity contribution in [2.45, 2.75) is 84.7 Å². The van der Waals surface area contributed by atoms with Gasteiger partial charge in [0.1, 0.15) is 11.5 Å². The van der Waals surface area contributed by atoms with Gasteiger partial charge in [0.25, 0.3) is 5.91 Å². The minimum absolute atomic E-state index is 0.0658. The maximum Gasteiger partial charge on any atom is 0.267 e. The summed E-state index contributed by atoms with van der Waals surface area (Å²) in [6, 6.07) is 6.89. The predicted molar refractivity (Wildman–Crippen MR) is 119 cm³/mol. The lowest BCUT2D eigenvalue weighted by atomic mass is 9.69. The summed E-state index contributed by atoms with van der Waals surface area (Å²) < 4.78 is 14.5. The van der Waals surface area contributed by atoms with Gasteiger partial charge in [0.2, 0.25) is 0 Å². The molecule has 0 saturated heterocycles. The fourth-order valence-corrected chi connectivity index (χ4v) is 6.10. The Labute approximate surface area is 180 Å². The monoisotopic (exact) mass is 413 g/mol. The van der Waals surface area contributed by atoms with Crippen LogP contribution in [0.15, 0.2) is 29.4 Å². The number of fused-ring (bicyclic) bond motifs is 2. The molecule has 2 fully saturated rings. The van der Waals surface area contributed by atoms with Crippen molar-refractivity contribution in [3.63, 3.8) is 0 Å². The van der Waals surface area contributed by atoms with Gasteiger partial charge in [0.05, 0.1) is 6.04 Å². The van der Waals surface area contributed by atoms with Crippen LogP contribution in [0.25, 0.3) is 0 Å². The van der Waals surface area contributed by atoms with E-state index in [0.29, 0.717) is 23.6 Å². The Morgan fingerprint density at radius 3 is 2.67 bits per heavy atom. The van der Waals surface area contributed by atoms with E-state index in [4.69, 9.17) is 5.10 Å². The van der Waals surface area contributed by atoms with E-state index < -0.39 is 0 Å². The van der Waals surface area contributed by atoms with Crippen LogP contribution >= 0.6 is 0 Å². The molecule has 0 aromatic heterocycles.